The summed E-state index contributed by atoms with van der Waals surface area (Å²) >= 11 is 6.14. The fourth-order valence-corrected chi connectivity index (χ4v) is 3.54. The van der Waals surface area contributed by atoms with Gasteiger partial charge < -0.3 is 10.4 Å². The first kappa shape index (κ1) is 17.2. The quantitative estimate of drug-likeness (QED) is 0.793. The number of hydrogen-bond acceptors (Lipinski definition) is 3. The third-order valence-electron chi connectivity index (χ3n) is 4.86. The van der Waals surface area contributed by atoms with E-state index in [9.17, 15) is 9.59 Å². The molecule has 1 aromatic rings. The van der Waals surface area contributed by atoms with Crippen LogP contribution in [0.3, 0.4) is 0 Å². The van der Waals surface area contributed by atoms with Crippen molar-refractivity contribution in [2.24, 2.45) is 5.92 Å². The van der Waals surface area contributed by atoms with E-state index >= 15 is 0 Å². The molecule has 1 amide bonds. The van der Waals surface area contributed by atoms with Gasteiger partial charge in [-0.3, -0.25) is 14.5 Å². The molecule has 0 aromatic heterocycles. The molecule has 5 nitrogen and oxygen atoms in total. The molecule has 0 saturated heterocycles. The number of amides is 1. The average Bonchev–Trinajstić information content (AvgIpc) is 3.24. The van der Waals surface area contributed by atoms with E-state index in [1.165, 1.54) is 12.8 Å². The fraction of sp³-hybridized carbons (Fsp3) is 0.556. The molecular formula is C18H23ClN2O3. The van der Waals surface area contributed by atoms with Gasteiger partial charge >= 0.3 is 5.97 Å². The summed E-state index contributed by atoms with van der Waals surface area (Å²) in [7, 11) is 0. The van der Waals surface area contributed by atoms with Gasteiger partial charge in [0.05, 0.1) is 17.1 Å². The number of halogens is 1. The van der Waals surface area contributed by atoms with Crippen LogP contribution in [0.1, 0.15) is 41.6 Å². The van der Waals surface area contributed by atoms with Gasteiger partial charge in [0.15, 0.2) is 0 Å². The fourth-order valence-electron chi connectivity index (χ4n) is 3.22. The normalized spacial score (nSPS) is 23.0. The number of benzene rings is 1. The zero-order valence-corrected chi connectivity index (χ0v) is 14.6. The molecule has 2 fully saturated rings. The zero-order valence-electron chi connectivity index (χ0n) is 13.8. The minimum absolute atomic E-state index is 0.0889. The van der Waals surface area contributed by atoms with E-state index in [0.717, 1.165) is 24.9 Å². The van der Waals surface area contributed by atoms with Crippen molar-refractivity contribution in [2.45, 2.75) is 44.7 Å². The van der Waals surface area contributed by atoms with E-state index in [1.807, 2.05) is 13.0 Å². The maximum absolute atomic E-state index is 12.3. The van der Waals surface area contributed by atoms with E-state index < -0.39 is 5.97 Å². The number of hydrogen-bond donors (Lipinski definition) is 2. The number of aryl methyl sites for hydroxylation is 1. The molecule has 2 saturated carbocycles. The molecule has 6 heteroatoms. The van der Waals surface area contributed by atoms with Crippen molar-refractivity contribution in [2.75, 3.05) is 13.1 Å². The second-order valence-electron chi connectivity index (χ2n) is 7.05. The number of nitrogens with one attached hydrogen (secondary N) is 1. The monoisotopic (exact) mass is 350 g/mol. The Bertz CT molecular complexity index is 639. The number of rotatable bonds is 7. The number of carbonyl (C=O) groups excluding carboxylic acids is 1. The molecule has 130 valence electrons. The maximum atomic E-state index is 12.3. The summed E-state index contributed by atoms with van der Waals surface area (Å²) in [6.45, 7) is 2.88. The molecule has 2 N–H and O–H groups in total. The van der Waals surface area contributed by atoms with Crippen molar-refractivity contribution in [3.05, 3.63) is 34.3 Å². The highest BCUT2D eigenvalue weighted by atomic mass is 35.5. The molecule has 0 unspecified atom stereocenters. The van der Waals surface area contributed by atoms with Crippen LogP contribution in [0.5, 0.6) is 0 Å². The Morgan fingerprint density at radius 3 is 2.62 bits per heavy atom. The summed E-state index contributed by atoms with van der Waals surface area (Å²) in [6, 6.07) is 5.74. The Balaban J connectivity index is 1.51. The Labute approximate surface area is 147 Å². The lowest BCUT2D eigenvalue weighted by atomic mass is 9.85. The molecule has 0 bridgehead atoms. The van der Waals surface area contributed by atoms with Gasteiger partial charge in [-0.15, -0.1) is 0 Å². The smallest absolute Gasteiger partial charge is 0.317 e. The predicted octanol–water partition coefficient (Wildman–Crippen LogP) is 2.71. The Morgan fingerprint density at radius 2 is 2.04 bits per heavy atom. The number of aliphatic carboxylic acids is 1. The van der Waals surface area contributed by atoms with Gasteiger partial charge in [-0.1, -0.05) is 17.7 Å². The first-order valence-electron chi connectivity index (χ1n) is 8.45. The molecular weight excluding hydrogens is 328 g/mol. The van der Waals surface area contributed by atoms with Crippen molar-refractivity contribution in [3.8, 4) is 0 Å². The van der Waals surface area contributed by atoms with Gasteiger partial charge in [0.2, 0.25) is 0 Å². The van der Waals surface area contributed by atoms with E-state index in [-0.39, 0.29) is 24.5 Å². The number of nitrogens with zero attached hydrogens (tertiary/aromatic N) is 1. The summed E-state index contributed by atoms with van der Waals surface area (Å²) in [5, 5.41) is 12.5. The standard InChI is InChI=1S/C18H23ClN2O3/c1-11-2-5-15(16(19)6-11)18(24)20-13-7-14(8-13)21(10-17(22)23)9-12-3-4-12/h2,5-6,12-14H,3-4,7-10H2,1H3,(H,20,24)(H,22,23). The van der Waals surface area contributed by atoms with Gasteiger partial charge in [0.1, 0.15) is 0 Å². The summed E-state index contributed by atoms with van der Waals surface area (Å²) in [6.07, 6.45) is 4.01. The van der Waals surface area contributed by atoms with Crippen LogP contribution in [0.2, 0.25) is 5.02 Å². The largest absolute Gasteiger partial charge is 0.480 e. The molecule has 0 aliphatic heterocycles. The molecule has 2 aliphatic carbocycles. The molecule has 1 aromatic carbocycles. The van der Waals surface area contributed by atoms with Crippen LogP contribution < -0.4 is 5.32 Å². The second kappa shape index (κ2) is 7.11. The van der Waals surface area contributed by atoms with Crippen LogP contribution in [-0.2, 0) is 4.79 Å². The minimum atomic E-state index is -0.783. The molecule has 0 atom stereocenters. The molecule has 24 heavy (non-hydrogen) atoms. The van der Waals surface area contributed by atoms with E-state index in [4.69, 9.17) is 16.7 Å². The van der Waals surface area contributed by atoms with Crippen LogP contribution in [0.25, 0.3) is 0 Å². The summed E-state index contributed by atoms with van der Waals surface area (Å²) < 4.78 is 0. The molecule has 0 radical (unpaired) electrons. The highest BCUT2D eigenvalue weighted by Gasteiger charge is 2.37. The SMILES string of the molecule is Cc1ccc(C(=O)NC2CC(N(CC(=O)O)CC3CC3)C2)c(Cl)c1. The van der Waals surface area contributed by atoms with Crippen molar-refractivity contribution in [1.82, 2.24) is 10.2 Å². The minimum Gasteiger partial charge on any atom is -0.480 e. The topological polar surface area (TPSA) is 69.6 Å². The van der Waals surface area contributed by atoms with E-state index in [1.54, 1.807) is 12.1 Å². The van der Waals surface area contributed by atoms with Crippen LogP contribution in [0.4, 0.5) is 0 Å². The third-order valence-corrected chi connectivity index (χ3v) is 5.17. The van der Waals surface area contributed by atoms with Crippen LogP contribution in [0.15, 0.2) is 18.2 Å². The van der Waals surface area contributed by atoms with Crippen molar-refractivity contribution in [3.63, 3.8) is 0 Å². The Morgan fingerprint density at radius 1 is 1.33 bits per heavy atom. The number of carboxylic acid groups (broad SMARTS) is 1. The van der Waals surface area contributed by atoms with E-state index in [0.29, 0.717) is 16.5 Å². The molecule has 0 heterocycles. The lowest BCUT2D eigenvalue weighted by Gasteiger charge is -2.42. The number of carbonyl (C=O) groups is 2. The summed E-state index contributed by atoms with van der Waals surface area (Å²) in [5.41, 5.74) is 1.51. The molecule has 3 rings (SSSR count). The first-order chi connectivity index (χ1) is 11.4. The maximum Gasteiger partial charge on any atom is 0.317 e. The van der Waals surface area contributed by atoms with Crippen molar-refractivity contribution >= 4 is 23.5 Å². The van der Waals surface area contributed by atoms with Crippen molar-refractivity contribution < 1.29 is 14.7 Å². The lowest BCUT2D eigenvalue weighted by Crippen LogP contribution is -2.55. The van der Waals surface area contributed by atoms with Gasteiger partial charge in [-0.05, 0) is 56.2 Å². The first-order valence-corrected chi connectivity index (χ1v) is 8.83. The molecule has 0 spiro atoms. The highest BCUT2D eigenvalue weighted by Crippen LogP contribution is 2.34. The highest BCUT2D eigenvalue weighted by molar-refractivity contribution is 6.33. The van der Waals surface area contributed by atoms with Gasteiger partial charge in [-0.2, -0.15) is 0 Å². The van der Waals surface area contributed by atoms with Gasteiger partial charge in [-0.25, -0.2) is 0 Å². The zero-order chi connectivity index (χ0) is 17.3. The van der Waals surface area contributed by atoms with Gasteiger partial charge in [0.25, 0.3) is 5.91 Å². The van der Waals surface area contributed by atoms with Gasteiger partial charge in [0, 0.05) is 18.6 Å². The third kappa shape index (κ3) is 4.28. The van der Waals surface area contributed by atoms with Crippen LogP contribution in [-0.4, -0.2) is 47.1 Å². The number of carboxylic acids is 1. The summed E-state index contributed by atoms with van der Waals surface area (Å²) in [5.74, 6) is -0.283. The summed E-state index contributed by atoms with van der Waals surface area (Å²) in [4.78, 5) is 25.4. The molecule has 2 aliphatic rings. The van der Waals surface area contributed by atoms with Crippen LogP contribution in [0, 0.1) is 12.8 Å². The van der Waals surface area contributed by atoms with E-state index in [2.05, 4.69) is 10.2 Å². The Hall–Kier alpha value is -1.59. The average molecular weight is 351 g/mol. The Kier molecular flexibility index (Phi) is 5.11. The van der Waals surface area contributed by atoms with Crippen molar-refractivity contribution in [1.29, 1.82) is 0 Å². The lowest BCUT2D eigenvalue weighted by molar-refractivity contribution is -0.139. The second-order valence-corrected chi connectivity index (χ2v) is 7.45. The predicted molar refractivity (Wildman–Crippen MR) is 92.4 cm³/mol. The van der Waals surface area contributed by atoms with Crippen LogP contribution >= 0.6 is 11.6 Å².